The van der Waals surface area contributed by atoms with E-state index in [1.807, 2.05) is 20.8 Å². The third kappa shape index (κ3) is 4.25. The molecular weight excluding hydrogens is 230 g/mol. The van der Waals surface area contributed by atoms with E-state index in [0.29, 0.717) is 0 Å². The van der Waals surface area contributed by atoms with E-state index in [4.69, 9.17) is 0 Å². The van der Waals surface area contributed by atoms with Crippen molar-refractivity contribution in [3.63, 3.8) is 0 Å². The summed E-state index contributed by atoms with van der Waals surface area (Å²) in [4.78, 5) is 0. The summed E-state index contributed by atoms with van der Waals surface area (Å²) in [5.74, 6) is 0. The quantitative estimate of drug-likeness (QED) is 0.874. The van der Waals surface area contributed by atoms with Gasteiger partial charge in [0.2, 0.25) is 0 Å². The van der Waals surface area contributed by atoms with Crippen LogP contribution in [-0.4, -0.2) is 8.96 Å². The molecule has 0 amide bonds. The van der Waals surface area contributed by atoms with Gasteiger partial charge in [-0.15, -0.1) is 0 Å². The van der Waals surface area contributed by atoms with Crippen molar-refractivity contribution < 1.29 is 4.21 Å². The van der Waals surface area contributed by atoms with Crippen LogP contribution in [0.15, 0.2) is 24.3 Å². The lowest BCUT2D eigenvalue weighted by molar-refractivity contribution is 0.589. The first kappa shape index (κ1) is 14.4. The Morgan fingerprint density at radius 3 is 2.18 bits per heavy atom. The van der Waals surface area contributed by atoms with E-state index in [0.717, 1.165) is 6.42 Å². The maximum Gasteiger partial charge on any atom is 0.0975 e. The molecule has 3 heteroatoms. The second kappa shape index (κ2) is 5.78. The van der Waals surface area contributed by atoms with Gasteiger partial charge in [-0.3, -0.25) is 0 Å². The molecule has 2 nitrogen and oxygen atoms in total. The molecule has 1 rings (SSSR count). The van der Waals surface area contributed by atoms with Crippen molar-refractivity contribution in [2.24, 2.45) is 0 Å². The molecule has 0 fully saturated rings. The van der Waals surface area contributed by atoms with Gasteiger partial charge in [-0.25, -0.2) is 8.93 Å². The zero-order chi connectivity index (χ0) is 13.1. The number of nitrogens with one attached hydrogen (secondary N) is 1. The Bertz CT molecular complexity index is 378. The third-order valence-corrected chi connectivity index (χ3v) is 4.30. The molecule has 1 unspecified atom stereocenters. The van der Waals surface area contributed by atoms with Gasteiger partial charge in [-0.1, -0.05) is 36.8 Å². The molecule has 0 aliphatic heterocycles. The topological polar surface area (TPSA) is 29.1 Å². The predicted octanol–water partition coefficient (Wildman–Crippen LogP) is 3.50. The SMILES string of the molecule is CC[C@H](NS(=O)C(C)(C)C)c1ccc(C)cc1. The van der Waals surface area contributed by atoms with Crippen LogP contribution in [0.1, 0.15) is 51.3 Å². The Morgan fingerprint density at radius 1 is 1.24 bits per heavy atom. The van der Waals surface area contributed by atoms with Gasteiger partial charge in [0.15, 0.2) is 0 Å². The number of aryl methyl sites for hydroxylation is 1. The van der Waals surface area contributed by atoms with E-state index in [1.165, 1.54) is 11.1 Å². The van der Waals surface area contributed by atoms with E-state index in [9.17, 15) is 4.21 Å². The Hall–Kier alpha value is -0.670. The van der Waals surface area contributed by atoms with Gasteiger partial charge >= 0.3 is 0 Å². The van der Waals surface area contributed by atoms with Crippen LogP contribution in [0.4, 0.5) is 0 Å². The summed E-state index contributed by atoms with van der Waals surface area (Å²) in [6.07, 6.45) is 0.935. The number of hydrogen-bond donors (Lipinski definition) is 1. The third-order valence-electron chi connectivity index (χ3n) is 2.69. The Labute approximate surface area is 107 Å². The molecule has 1 N–H and O–H groups in total. The second-order valence-electron chi connectivity index (χ2n) is 5.37. The summed E-state index contributed by atoms with van der Waals surface area (Å²) < 4.78 is 15.1. The van der Waals surface area contributed by atoms with Crippen molar-refractivity contribution >= 4 is 11.0 Å². The normalized spacial score (nSPS) is 15.6. The van der Waals surface area contributed by atoms with Crippen LogP contribution in [-0.2, 0) is 11.0 Å². The van der Waals surface area contributed by atoms with E-state index in [1.54, 1.807) is 0 Å². The molecule has 0 aliphatic carbocycles. The standard InChI is InChI=1S/C14H23NOS/c1-6-13(15-17(16)14(3,4)5)12-9-7-11(2)8-10-12/h7-10,13,15H,6H2,1-5H3/t13-,17?/m0/s1. The molecule has 0 aliphatic rings. The average Bonchev–Trinajstić information content (AvgIpc) is 2.25. The fraction of sp³-hybridized carbons (Fsp3) is 0.571. The Morgan fingerprint density at radius 2 is 1.76 bits per heavy atom. The number of benzene rings is 1. The highest BCUT2D eigenvalue weighted by Gasteiger charge is 2.22. The van der Waals surface area contributed by atoms with Crippen LogP contribution in [0.3, 0.4) is 0 Å². The zero-order valence-electron chi connectivity index (χ0n) is 11.4. The van der Waals surface area contributed by atoms with Crippen molar-refractivity contribution in [1.82, 2.24) is 4.72 Å². The van der Waals surface area contributed by atoms with Crippen LogP contribution >= 0.6 is 0 Å². The van der Waals surface area contributed by atoms with Crippen LogP contribution in [0.5, 0.6) is 0 Å². The van der Waals surface area contributed by atoms with E-state index >= 15 is 0 Å². The first-order valence-corrected chi connectivity index (χ1v) is 7.24. The molecule has 0 radical (unpaired) electrons. The lowest BCUT2D eigenvalue weighted by atomic mass is 10.0. The minimum absolute atomic E-state index is 0.163. The average molecular weight is 253 g/mol. The summed E-state index contributed by atoms with van der Waals surface area (Å²) in [6.45, 7) is 10.1. The molecule has 96 valence electrons. The van der Waals surface area contributed by atoms with Crippen molar-refractivity contribution in [2.75, 3.05) is 0 Å². The lowest BCUT2D eigenvalue weighted by Gasteiger charge is -2.23. The molecule has 0 bridgehead atoms. The fourth-order valence-corrected chi connectivity index (χ4v) is 2.41. The molecule has 17 heavy (non-hydrogen) atoms. The van der Waals surface area contributed by atoms with Gasteiger partial charge in [0.1, 0.15) is 0 Å². The molecule has 1 aromatic carbocycles. The van der Waals surface area contributed by atoms with Crippen LogP contribution in [0.25, 0.3) is 0 Å². The molecule has 0 saturated carbocycles. The molecule has 1 aromatic rings. The van der Waals surface area contributed by atoms with Gasteiger partial charge in [0.05, 0.1) is 15.7 Å². The molecular formula is C14H23NOS. The van der Waals surface area contributed by atoms with Crippen LogP contribution < -0.4 is 4.72 Å². The smallest absolute Gasteiger partial charge is 0.0975 e. The molecule has 0 heterocycles. The maximum atomic E-state index is 12.1. The van der Waals surface area contributed by atoms with E-state index in [2.05, 4.69) is 42.8 Å². The first-order valence-electron chi connectivity index (χ1n) is 6.09. The maximum absolute atomic E-state index is 12.1. The summed E-state index contributed by atoms with van der Waals surface area (Å²) in [5.41, 5.74) is 2.45. The molecule has 2 atom stereocenters. The highest BCUT2D eigenvalue weighted by Crippen LogP contribution is 2.20. The summed E-state index contributed by atoms with van der Waals surface area (Å²) >= 11 is 0. The Balaban J connectivity index is 2.79. The molecule has 0 saturated heterocycles. The lowest BCUT2D eigenvalue weighted by Crippen LogP contribution is -2.35. The zero-order valence-corrected chi connectivity index (χ0v) is 12.2. The largest absolute Gasteiger partial charge is 0.242 e. The monoisotopic (exact) mass is 253 g/mol. The molecule has 0 aromatic heterocycles. The molecule has 0 spiro atoms. The van der Waals surface area contributed by atoms with E-state index in [-0.39, 0.29) is 10.8 Å². The predicted molar refractivity (Wildman–Crippen MR) is 75.2 cm³/mol. The number of hydrogen-bond acceptors (Lipinski definition) is 1. The van der Waals surface area contributed by atoms with Crippen molar-refractivity contribution in [3.8, 4) is 0 Å². The van der Waals surface area contributed by atoms with E-state index < -0.39 is 11.0 Å². The van der Waals surface area contributed by atoms with Gasteiger partial charge < -0.3 is 0 Å². The minimum atomic E-state index is -1.02. The summed E-state index contributed by atoms with van der Waals surface area (Å²) in [6, 6.07) is 8.57. The summed E-state index contributed by atoms with van der Waals surface area (Å²) in [7, 11) is -1.02. The van der Waals surface area contributed by atoms with Crippen molar-refractivity contribution in [1.29, 1.82) is 0 Å². The summed E-state index contributed by atoms with van der Waals surface area (Å²) in [5, 5.41) is 0. The highest BCUT2D eigenvalue weighted by atomic mass is 32.2. The number of rotatable bonds is 4. The van der Waals surface area contributed by atoms with Crippen molar-refractivity contribution in [2.45, 2.75) is 51.8 Å². The van der Waals surface area contributed by atoms with Crippen molar-refractivity contribution in [3.05, 3.63) is 35.4 Å². The van der Waals surface area contributed by atoms with Crippen LogP contribution in [0, 0.1) is 6.92 Å². The van der Waals surface area contributed by atoms with Gasteiger partial charge in [-0.2, -0.15) is 0 Å². The first-order chi connectivity index (χ1) is 7.84. The van der Waals surface area contributed by atoms with Gasteiger partial charge in [0.25, 0.3) is 0 Å². The second-order valence-corrected chi connectivity index (χ2v) is 7.37. The highest BCUT2D eigenvalue weighted by molar-refractivity contribution is 7.84. The fourth-order valence-electron chi connectivity index (χ4n) is 1.49. The minimum Gasteiger partial charge on any atom is -0.242 e. The van der Waals surface area contributed by atoms with Crippen LogP contribution in [0.2, 0.25) is 0 Å². The Kier molecular flexibility index (Phi) is 4.90. The van der Waals surface area contributed by atoms with Gasteiger partial charge in [-0.05, 0) is 39.7 Å². The van der Waals surface area contributed by atoms with Gasteiger partial charge in [0, 0.05) is 6.04 Å².